The van der Waals surface area contributed by atoms with Crippen molar-refractivity contribution in [3.05, 3.63) is 59.2 Å². The zero-order chi connectivity index (χ0) is 20.5. The highest BCUT2D eigenvalue weighted by Crippen LogP contribution is 2.18. The second kappa shape index (κ2) is 10.3. The van der Waals surface area contributed by atoms with Crippen LogP contribution >= 0.6 is 0 Å². The normalized spacial score (nSPS) is 10.5. The topological polar surface area (TPSA) is 76.7 Å². The van der Waals surface area contributed by atoms with Gasteiger partial charge in [0.05, 0.1) is 6.61 Å². The Kier molecular flexibility index (Phi) is 7.87. The second-order valence-corrected chi connectivity index (χ2v) is 7.12. The van der Waals surface area contributed by atoms with Crippen molar-refractivity contribution < 1.29 is 19.1 Å². The molecule has 0 heterocycles. The van der Waals surface area contributed by atoms with Crippen molar-refractivity contribution in [3.8, 4) is 11.5 Å². The Hall–Kier alpha value is -3.02. The Labute approximate surface area is 166 Å². The summed E-state index contributed by atoms with van der Waals surface area (Å²) in [5.41, 5.74) is 7.14. The smallest absolute Gasteiger partial charge is 0.276 e. The first-order valence-corrected chi connectivity index (χ1v) is 9.37. The summed E-state index contributed by atoms with van der Waals surface area (Å²) < 4.78 is 11.1. The van der Waals surface area contributed by atoms with Crippen LogP contribution in [0.4, 0.5) is 0 Å². The molecule has 2 amide bonds. The molecule has 2 aromatic carbocycles. The number of hydrogen-bond donors (Lipinski definition) is 2. The maximum Gasteiger partial charge on any atom is 0.276 e. The van der Waals surface area contributed by atoms with Crippen molar-refractivity contribution in [1.29, 1.82) is 0 Å². The van der Waals surface area contributed by atoms with Crippen LogP contribution < -0.4 is 20.3 Å². The summed E-state index contributed by atoms with van der Waals surface area (Å²) in [5, 5.41) is 0. The van der Waals surface area contributed by atoms with E-state index >= 15 is 0 Å². The summed E-state index contributed by atoms with van der Waals surface area (Å²) >= 11 is 0. The molecular weight excluding hydrogens is 356 g/mol. The molecule has 0 unspecified atom stereocenters. The molecule has 2 aromatic rings. The number of benzene rings is 2. The van der Waals surface area contributed by atoms with Gasteiger partial charge >= 0.3 is 0 Å². The SMILES string of the molecule is Cc1ccc(C)c(OCC(=O)NNC(=O)c2ccc(OCCC(C)C)cc2)c1. The third-order valence-corrected chi connectivity index (χ3v) is 4.10. The molecule has 2 rings (SSSR count). The quantitative estimate of drug-likeness (QED) is 0.682. The number of carbonyl (C=O) groups is 2. The van der Waals surface area contributed by atoms with Crippen LogP contribution in [0, 0.1) is 19.8 Å². The average molecular weight is 384 g/mol. The molecule has 28 heavy (non-hydrogen) atoms. The van der Waals surface area contributed by atoms with Crippen LogP contribution in [0.15, 0.2) is 42.5 Å². The maximum atomic E-state index is 12.1. The van der Waals surface area contributed by atoms with Crippen LogP contribution in [0.3, 0.4) is 0 Å². The first kappa shape index (κ1) is 21.3. The molecule has 2 N–H and O–H groups in total. The molecule has 0 saturated heterocycles. The lowest BCUT2D eigenvalue weighted by atomic mass is 10.1. The molecule has 0 atom stereocenters. The second-order valence-electron chi connectivity index (χ2n) is 7.12. The number of carbonyl (C=O) groups excluding carboxylic acids is 2. The van der Waals surface area contributed by atoms with E-state index in [9.17, 15) is 9.59 Å². The first-order chi connectivity index (χ1) is 13.3. The summed E-state index contributed by atoms with van der Waals surface area (Å²) in [6.45, 7) is 8.58. The molecule has 6 nitrogen and oxygen atoms in total. The van der Waals surface area contributed by atoms with E-state index in [1.165, 1.54) is 0 Å². The van der Waals surface area contributed by atoms with Crippen LogP contribution in [0.25, 0.3) is 0 Å². The number of rotatable bonds is 8. The lowest BCUT2D eigenvalue weighted by Crippen LogP contribution is -2.43. The molecule has 0 aliphatic carbocycles. The van der Waals surface area contributed by atoms with E-state index in [1.54, 1.807) is 24.3 Å². The van der Waals surface area contributed by atoms with Gasteiger partial charge < -0.3 is 9.47 Å². The third kappa shape index (κ3) is 6.95. The molecule has 0 aliphatic rings. The Morgan fingerprint density at radius 3 is 2.36 bits per heavy atom. The summed E-state index contributed by atoms with van der Waals surface area (Å²) in [4.78, 5) is 24.0. The minimum absolute atomic E-state index is 0.187. The summed E-state index contributed by atoms with van der Waals surface area (Å²) in [6.07, 6.45) is 0.971. The van der Waals surface area contributed by atoms with Crippen LogP contribution in [-0.4, -0.2) is 25.0 Å². The van der Waals surface area contributed by atoms with Crippen LogP contribution in [0.1, 0.15) is 41.8 Å². The Morgan fingerprint density at radius 2 is 1.68 bits per heavy atom. The highest BCUT2D eigenvalue weighted by Gasteiger charge is 2.09. The Bertz CT molecular complexity index is 801. The van der Waals surface area contributed by atoms with Crippen molar-refractivity contribution in [2.75, 3.05) is 13.2 Å². The summed E-state index contributed by atoms with van der Waals surface area (Å²) in [7, 11) is 0. The fourth-order valence-corrected chi connectivity index (χ4v) is 2.36. The van der Waals surface area contributed by atoms with Gasteiger partial charge in [0.1, 0.15) is 11.5 Å². The molecule has 0 radical (unpaired) electrons. The van der Waals surface area contributed by atoms with E-state index in [0.29, 0.717) is 29.6 Å². The fraction of sp³-hybridized carbons (Fsp3) is 0.364. The number of hydrogen-bond acceptors (Lipinski definition) is 4. The Morgan fingerprint density at radius 1 is 0.964 bits per heavy atom. The maximum absolute atomic E-state index is 12.1. The van der Waals surface area contributed by atoms with E-state index in [0.717, 1.165) is 17.5 Å². The number of hydrazine groups is 1. The number of amides is 2. The third-order valence-electron chi connectivity index (χ3n) is 4.10. The molecule has 0 bridgehead atoms. The van der Waals surface area contributed by atoms with Crippen molar-refractivity contribution in [3.63, 3.8) is 0 Å². The van der Waals surface area contributed by atoms with E-state index < -0.39 is 11.8 Å². The van der Waals surface area contributed by atoms with E-state index in [-0.39, 0.29) is 6.61 Å². The van der Waals surface area contributed by atoms with Crippen LogP contribution in [0.5, 0.6) is 11.5 Å². The van der Waals surface area contributed by atoms with Crippen LogP contribution in [0.2, 0.25) is 0 Å². The minimum atomic E-state index is -0.442. The summed E-state index contributed by atoms with van der Waals surface area (Å²) in [5.74, 6) is 1.09. The van der Waals surface area contributed by atoms with Gasteiger partial charge in [0, 0.05) is 5.56 Å². The highest BCUT2D eigenvalue weighted by molar-refractivity contribution is 5.95. The lowest BCUT2D eigenvalue weighted by Gasteiger charge is -2.11. The zero-order valence-electron chi connectivity index (χ0n) is 16.9. The lowest BCUT2D eigenvalue weighted by molar-refractivity contribution is -0.123. The van der Waals surface area contributed by atoms with Crippen molar-refractivity contribution in [1.82, 2.24) is 10.9 Å². The standard InChI is InChI=1S/C22H28N2O4/c1-15(2)11-12-27-19-9-7-18(8-10-19)22(26)24-23-21(25)14-28-20-13-16(3)5-6-17(20)4/h5-10,13,15H,11-12,14H2,1-4H3,(H,23,25)(H,24,26). The largest absolute Gasteiger partial charge is 0.494 e. The molecule has 0 fully saturated rings. The first-order valence-electron chi connectivity index (χ1n) is 9.37. The highest BCUT2D eigenvalue weighted by atomic mass is 16.5. The summed E-state index contributed by atoms with van der Waals surface area (Å²) in [6, 6.07) is 12.6. The van der Waals surface area contributed by atoms with Crippen molar-refractivity contribution in [2.24, 2.45) is 5.92 Å². The number of ether oxygens (including phenoxy) is 2. The van der Waals surface area contributed by atoms with E-state index in [2.05, 4.69) is 24.7 Å². The van der Waals surface area contributed by atoms with Crippen LogP contribution in [-0.2, 0) is 4.79 Å². The van der Waals surface area contributed by atoms with Gasteiger partial charge in [-0.25, -0.2) is 0 Å². The fourth-order valence-electron chi connectivity index (χ4n) is 2.36. The molecule has 150 valence electrons. The molecule has 0 saturated carbocycles. The van der Waals surface area contributed by atoms with Crippen molar-refractivity contribution in [2.45, 2.75) is 34.1 Å². The van der Waals surface area contributed by atoms with Gasteiger partial charge in [-0.15, -0.1) is 0 Å². The molecular formula is C22H28N2O4. The molecule has 6 heteroatoms. The minimum Gasteiger partial charge on any atom is -0.494 e. The van der Waals surface area contributed by atoms with E-state index in [4.69, 9.17) is 9.47 Å². The Balaban J connectivity index is 1.76. The predicted molar refractivity (Wildman–Crippen MR) is 108 cm³/mol. The average Bonchev–Trinajstić information content (AvgIpc) is 2.67. The van der Waals surface area contributed by atoms with Gasteiger partial charge in [-0.05, 0) is 67.6 Å². The van der Waals surface area contributed by atoms with Gasteiger partial charge in [-0.2, -0.15) is 0 Å². The van der Waals surface area contributed by atoms with Gasteiger partial charge in [-0.1, -0.05) is 26.0 Å². The van der Waals surface area contributed by atoms with Gasteiger partial charge in [-0.3, -0.25) is 20.4 Å². The van der Waals surface area contributed by atoms with Gasteiger partial charge in [0.15, 0.2) is 6.61 Å². The zero-order valence-corrected chi connectivity index (χ0v) is 16.9. The monoisotopic (exact) mass is 384 g/mol. The molecule has 0 aromatic heterocycles. The van der Waals surface area contributed by atoms with Gasteiger partial charge in [0.25, 0.3) is 11.8 Å². The van der Waals surface area contributed by atoms with Gasteiger partial charge in [0.2, 0.25) is 0 Å². The molecule has 0 spiro atoms. The van der Waals surface area contributed by atoms with Crippen molar-refractivity contribution >= 4 is 11.8 Å². The molecule has 0 aliphatic heterocycles. The van der Waals surface area contributed by atoms with E-state index in [1.807, 2.05) is 32.0 Å². The number of nitrogens with one attached hydrogen (secondary N) is 2. The number of aryl methyl sites for hydroxylation is 2. The predicted octanol–water partition coefficient (Wildman–Crippen LogP) is 3.57.